The lowest BCUT2D eigenvalue weighted by Crippen LogP contribution is -2.57. The molecular weight excluding hydrogens is 304 g/mol. The number of benzene rings is 1. The lowest BCUT2D eigenvalue weighted by molar-refractivity contribution is -0.307. The quantitative estimate of drug-likeness (QED) is 0.819. The Morgan fingerprint density at radius 2 is 2.17 bits per heavy atom. The van der Waals surface area contributed by atoms with Crippen LogP contribution in [0.2, 0.25) is 0 Å². The number of aliphatic hydroxyl groups is 2. The summed E-state index contributed by atoms with van der Waals surface area (Å²) in [6.07, 6.45) is -2.98. The predicted molar refractivity (Wildman–Crippen MR) is 78.9 cm³/mol. The summed E-state index contributed by atoms with van der Waals surface area (Å²) in [6, 6.07) is 7.31. The molecule has 2 heterocycles. The molecule has 2 aliphatic heterocycles. The van der Waals surface area contributed by atoms with Crippen molar-refractivity contribution in [2.75, 3.05) is 26.9 Å². The van der Waals surface area contributed by atoms with Crippen molar-refractivity contribution in [2.24, 2.45) is 0 Å². The molecule has 0 spiro atoms. The number of hydrogen-bond acceptors (Lipinski definition) is 7. The van der Waals surface area contributed by atoms with Gasteiger partial charge in [-0.3, -0.25) is 0 Å². The summed E-state index contributed by atoms with van der Waals surface area (Å²) in [7, 11) is 1.58. The van der Waals surface area contributed by atoms with Crippen molar-refractivity contribution in [1.29, 1.82) is 0 Å². The van der Waals surface area contributed by atoms with Crippen LogP contribution in [0.25, 0.3) is 0 Å². The van der Waals surface area contributed by atoms with Crippen LogP contribution in [0.5, 0.6) is 5.75 Å². The molecule has 0 aromatic heterocycles. The van der Waals surface area contributed by atoms with Crippen molar-refractivity contribution in [1.82, 2.24) is 0 Å². The summed E-state index contributed by atoms with van der Waals surface area (Å²) in [5, 5.41) is 20.3. The highest BCUT2D eigenvalue weighted by molar-refractivity contribution is 5.29. The van der Waals surface area contributed by atoms with Crippen molar-refractivity contribution in [2.45, 2.75) is 37.3 Å². The second-order valence-corrected chi connectivity index (χ2v) is 5.61. The highest BCUT2D eigenvalue weighted by atomic mass is 16.8. The molecule has 1 aromatic rings. The van der Waals surface area contributed by atoms with Gasteiger partial charge in [0, 0.05) is 12.2 Å². The van der Waals surface area contributed by atoms with Crippen LogP contribution in [-0.4, -0.2) is 61.2 Å². The van der Waals surface area contributed by atoms with Gasteiger partial charge in [0.25, 0.3) is 0 Å². The summed E-state index contributed by atoms with van der Waals surface area (Å²) in [6.45, 7) is 1.89. The van der Waals surface area contributed by atoms with E-state index in [1.807, 2.05) is 18.2 Å². The summed E-state index contributed by atoms with van der Waals surface area (Å²) in [5.74, 6) is 0.684. The van der Waals surface area contributed by atoms with Gasteiger partial charge in [0.05, 0.1) is 20.3 Å². The minimum absolute atomic E-state index is 0.0132. The normalized spacial score (nSPS) is 36.7. The molecule has 3 rings (SSSR count). The summed E-state index contributed by atoms with van der Waals surface area (Å²) in [4.78, 5) is 0. The van der Waals surface area contributed by atoms with Crippen LogP contribution in [0.3, 0.4) is 0 Å². The number of methoxy groups -OCH3 is 1. The molecule has 0 amide bonds. The van der Waals surface area contributed by atoms with Crippen molar-refractivity contribution in [3.05, 3.63) is 29.8 Å². The van der Waals surface area contributed by atoms with Crippen LogP contribution >= 0.6 is 0 Å². The predicted octanol–water partition coefficient (Wildman–Crippen LogP) is 0.594. The molecule has 2 fully saturated rings. The Bertz CT molecular complexity index is 537. The van der Waals surface area contributed by atoms with Crippen LogP contribution < -0.4 is 4.74 Å². The topological polar surface area (TPSA) is 86.6 Å². The number of aliphatic hydroxyl groups excluding tert-OH is 1. The highest BCUT2D eigenvalue weighted by Gasteiger charge is 2.60. The Morgan fingerprint density at radius 3 is 2.87 bits per heavy atom. The third-order valence-electron chi connectivity index (χ3n) is 4.14. The monoisotopic (exact) mass is 326 g/mol. The summed E-state index contributed by atoms with van der Waals surface area (Å²) >= 11 is 0. The Morgan fingerprint density at radius 1 is 1.35 bits per heavy atom. The van der Waals surface area contributed by atoms with Crippen molar-refractivity contribution >= 4 is 0 Å². The zero-order valence-corrected chi connectivity index (χ0v) is 13.2. The molecule has 1 unspecified atom stereocenters. The average molecular weight is 326 g/mol. The molecule has 128 valence electrons. The first-order valence-electron chi connectivity index (χ1n) is 7.63. The van der Waals surface area contributed by atoms with E-state index < -0.39 is 30.4 Å². The molecule has 0 radical (unpaired) electrons. The first kappa shape index (κ1) is 16.6. The zero-order chi connectivity index (χ0) is 16.4. The van der Waals surface area contributed by atoms with E-state index in [4.69, 9.17) is 23.7 Å². The van der Waals surface area contributed by atoms with Gasteiger partial charge >= 0.3 is 0 Å². The fraction of sp³-hybridized carbons (Fsp3) is 0.625. The van der Waals surface area contributed by atoms with Crippen LogP contribution in [0.4, 0.5) is 0 Å². The average Bonchev–Trinajstić information content (AvgIpc) is 2.86. The van der Waals surface area contributed by atoms with Gasteiger partial charge in [0.2, 0.25) is 0 Å². The molecule has 5 atom stereocenters. The van der Waals surface area contributed by atoms with Crippen LogP contribution in [-0.2, 0) is 18.9 Å². The maximum atomic E-state index is 10.8. The molecule has 7 heteroatoms. The smallest absolute Gasteiger partial charge is 0.191 e. The maximum absolute atomic E-state index is 10.8. The minimum atomic E-state index is -1.45. The number of fused-ring (bicyclic) bond motifs is 1. The first-order valence-corrected chi connectivity index (χ1v) is 7.63. The highest BCUT2D eigenvalue weighted by Crippen LogP contribution is 2.42. The fourth-order valence-corrected chi connectivity index (χ4v) is 2.98. The second-order valence-electron chi connectivity index (χ2n) is 5.61. The zero-order valence-electron chi connectivity index (χ0n) is 13.2. The second kappa shape index (κ2) is 6.72. The number of hydrogen-bond donors (Lipinski definition) is 2. The molecular formula is C16H22O7. The van der Waals surface area contributed by atoms with Crippen LogP contribution in [0.1, 0.15) is 18.8 Å². The van der Waals surface area contributed by atoms with Gasteiger partial charge in [-0.1, -0.05) is 12.1 Å². The van der Waals surface area contributed by atoms with Gasteiger partial charge in [-0.15, -0.1) is 0 Å². The van der Waals surface area contributed by atoms with Gasteiger partial charge in [-0.2, -0.15) is 0 Å². The van der Waals surface area contributed by atoms with Gasteiger partial charge < -0.3 is 33.9 Å². The van der Waals surface area contributed by atoms with E-state index in [9.17, 15) is 10.2 Å². The Balaban J connectivity index is 1.81. The van der Waals surface area contributed by atoms with Crippen molar-refractivity contribution < 1.29 is 33.9 Å². The van der Waals surface area contributed by atoms with Gasteiger partial charge in [-0.05, 0) is 19.1 Å². The third kappa shape index (κ3) is 2.96. The fourth-order valence-electron chi connectivity index (χ4n) is 2.98. The first-order chi connectivity index (χ1) is 11.1. The molecule has 0 bridgehead atoms. The van der Waals surface area contributed by atoms with E-state index in [1.165, 1.54) is 0 Å². The minimum Gasteiger partial charge on any atom is -0.497 e. The van der Waals surface area contributed by atoms with Crippen LogP contribution in [0, 0.1) is 0 Å². The van der Waals surface area contributed by atoms with Crippen molar-refractivity contribution in [3.63, 3.8) is 0 Å². The Hall–Kier alpha value is -1.22. The Kier molecular flexibility index (Phi) is 4.86. The molecule has 0 saturated carbocycles. The molecule has 2 N–H and O–H groups in total. The van der Waals surface area contributed by atoms with E-state index in [1.54, 1.807) is 20.1 Å². The summed E-state index contributed by atoms with van der Waals surface area (Å²) < 4.78 is 27.8. The molecule has 23 heavy (non-hydrogen) atoms. The molecule has 1 aromatic carbocycles. The van der Waals surface area contributed by atoms with Gasteiger partial charge in [-0.25, -0.2) is 0 Å². The van der Waals surface area contributed by atoms with E-state index in [-0.39, 0.29) is 13.2 Å². The summed E-state index contributed by atoms with van der Waals surface area (Å²) in [5.41, 5.74) is -0.679. The molecule has 7 nitrogen and oxygen atoms in total. The lowest BCUT2D eigenvalue weighted by Gasteiger charge is -2.40. The standard InChI is InChI=1S/C16H22O7/c1-3-20-15-16(18)9-21-14(23-13(16)12(8-17)22-15)10-5-4-6-11(7-10)19-2/h4-7,12-15,17-18H,3,8-9H2,1-2H3/t12-,13-,14+,15?,16+/m1/s1. The third-order valence-corrected chi connectivity index (χ3v) is 4.14. The molecule has 2 saturated heterocycles. The Labute approximate surface area is 134 Å². The number of ether oxygens (including phenoxy) is 5. The van der Waals surface area contributed by atoms with E-state index >= 15 is 0 Å². The van der Waals surface area contributed by atoms with E-state index in [2.05, 4.69) is 0 Å². The van der Waals surface area contributed by atoms with Crippen molar-refractivity contribution in [3.8, 4) is 5.75 Å². The molecule has 2 aliphatic rings. The maximum Gasteiger partial charge on any atom is 0.191 e. The van der Waals surface area contributed by atoms with E-state index in [0.29, 0.717) is 12.4 Å². The van der Waals surface area contributed by atoms with Gasteiger partial charge in [0.15, 0.2) is 18.2 Å². The lowest BCUT2D eigenvalue weighted by atomic mass is 9.94. The largest absolute Gasteiger partial charge is 0.497 e. The molecule has 0 aliphatic carbocycles. The van der Waals surface area contributed by atoms with Crippen LogP contribution in [0.15, 0.2) is 24.3 Å². The number of rotatable bonds is 5. The SMILES string of the molecule is CCOC1O[C@H](CO)[C@H]2O[C@@H](c3cccc(OC)c3)OC[C@@]12O. The van der Waals surface area contributed by atoms with E-state index in [0.717, 1.165) is 5.56 Å². The van der Waals surface area contributed by atoms with Gasteiger partial charge in [0.1, 0.15) is 18.0 Å².